The summed E-state index contributed by atoms with van der Waals surface area (Å²) in [6.07, 6.45) is 4.85. The lowest BCUT2D eigenvalue weighted by Crippen LogP contribution is -2.34. The zero-order valence-electron chi connectivity index (χ0n) is 10.9. The third kappa shape index (κ3) is 2.72. The molecule has 20 heavy (non-hydrogen) atoms. The van der Waals surface area contributed by atoms with E-state index in [1.807, 2.05) is 36.7 Å². The molecule has 2 heterocycles. The highest BCUT2D eigenvalue weighted by Gasteiger charge is 2.18. The van der Waals surface area contributed by atoms with Crippen LogP contribution in [0.15, 0.2) is 41.1 Å². The van der Waals surface area contributed by atoms with E-state index in [9.17, 15) is 4.79 Å². The summed E-state index contributed by atoms with van der Waals surface area (Å²) >= 11 is 3.53. The number of hydrogen-bond donors (Lipinski definition) is 0. The quantitative estimate of drug-likeness (QED) is 0.848. The summed E-state index contributed by atoms with van der Waals surface area (Å²) < 4.78 is 1.03. The standard InChI is InChI=1S/C15H14BrN3O/c16-14-4-2-1-3-13(14)11-9-17-15(18-10-11)19-7-5-12(20)6-8-19/h1-4,9-10H,5-8H2. The van der Waals surface area contributed by atoms with Crippen LogP contribution in [0.4, 0.5) is 5.95 Å². The lowest BCUT2D eigenvalue weighted by molar-refractivity contribution is -0.119. The number of carbonyl (C=O) groups is 1. The Kier molecular flexibility index (Phi) is 3.78. The summed E-state index contributed by atoms with van der Waals surface area (Å²) in [4.78, 5) is 22.2. The molecule has 0 spiro atoms. The zero-order chi connectivity index (χ0) is 13.9. The SMILES string of the molecule is O=C1CCN(c2ncc(-c3ccccc3Br)cn2)CC1. The highest BCUT2D eigenvalue weighted by molar-refractivity contribution is 9.10. The number of nitrogens with zero attached hydrogens (tertiary/aromatic N) is 3. The first-order valence-electron chi connectivity index (χ1n) is 6.57. The molecular formula is C15H14BrN3O. The summed E-state index contributed by atoms with van der Waals surface area (Å²) in [5, 5.41) is 0. The van der Waals surface area contributed by atoms with Gasteiger partial charge in [-0.3, -0.25) is 4.79 Å². The lowest BCUT2D eigenvalue weighted by atomic mass is 10.1. The van der Waals surface area contributed by atoms with Gasteiger partial charge in [-0.25, -0.2) is 9.97 Å². The van der Waals surface area contributed by atoms with Crippen LogP contribution in [0.3, 0.4) is 0 Å². The molecule has 102 valence electrons. The van der Waals surface area contributed by atoms with Crippen molar-refractivity contribution in [3.05, 3.63) is 41.1 Å². The minimum absolute atomic E-state index is 0.325. The van der Waals surface area contributed by atoms with E-state index in [0.717, 1.165) is 15.6 Å². The van der Waals surface area contributed by atoms with Crippen molar-refractivity contribution in [3.8, 4) is 11.1 Å². The molecule has 1 saturated heterocycles. The molecule has 1 fully saturated rings. The van der Waals surface area contributed by atoms with Crippen LogP contribution in [0.2, 0.25) is 0 Å². The molecule has 0 N–H and O–H groups in total. The number of aromatic nitrogens is 2. The van der Waals surface area contributed by atoms with Gasteiger partial charge < -0.3 is 4.90 Å². The van der Waals surface area contributed by atoms with Crippen LogP contribution in [0, 0.1) is 0 Å². The minimum atomic E-state index is 0.325. The van der Waals surface area contributed by atoms with Crippen LogP contribution in [0.1, 0.15) is 12.8 Å². The molecule has 0 atom stereocenters. The molecule has 4 nitrogen and oxygen atoms in total. The number of anilines is 1. The summed E-state index contributed by atoms with van der Waals surface area (Å²) in [5.41, 5.74) is 2.06. The Morgan fingerprint density at radius 1 is 1.05 bits per heavy atom. The van der Waals surface area contributed by atoms with Crippen molar-refractivity contribution < 1.29 is 4.79 Å². The van der Waals surface area contributed by atoms with Gasteiger partial charge in [-0.1, -0.05) is 34.1 Å². The van der Waals surface area contributed by atoms with E-state index in [4.69, 9.17) is 0 Å². The number of ketones is 1. The molecule has 1 aromatic heterocycles. The van der Waals surface area contributed by atoms with Gasteiger partial charge in [0.25, 0.3) is 0 Å². The number of benzene rings is 1. The fourth-order valence-electron chi connectivity index (χ4n) is 2.28. The van der Waals surface area contributed by atoms with Gasteiger partial charge in [-0.2, -0.15) is 0 Å². The lowest BCUT2D eigenvalue weighted by Gasteiger charge is -2.25. The van der Waals surface area contributed by atoms with Crippen LogP contribution in [-0.2, 0) is 4.79 Å². The highest BCUT2D eigenvalue weighted by atomic mass is 79.9. The maximum absolute atomic E-state index is 11.2. The molecular weight excluding hydrogens is 318 g/mol. The van der Waals surface area contributed by atoms with Gasteiger partial charge in [-0.05, 0) is 11.6 Å². The first-order chi connectivity index (χ1) is 9.74. The normalized spacial score (nSPS) is 15.4. The Morgan fingerprint density at radius 3 is 2.35 bits per heavy atom. The van der Waals surface area contributed by atoms with Crippen molar-refractivity contribution in [3.63, 3.8) is 0 Å². The van der Waals surface area contributed by atoms with Crippen LogP contribution in [0.5, 0.6) is 0 Å². The van der Waals surface area contributed by atoms with E-state index in [2.05, 4.69) is 30.8 Å². The molecule has 0 saturated carbocycles. The highest BCUT2D eigenvalue weighted by Crippen LogP contribution is 2.27. The molecule has 0 bridgehead atoms. The van der Waals surface area contributed by atoms with Crippen LogP contribution >= 0.6 is 15.9 Å². The molecule has 0 aliphatic carbocycles. The molecule has 0 unspecified atom stereocenters. The summed E-state index contributed by atoms with van der Waals surface area (Å²) in [6, 6.07) is 8.00. The monoisotopic (exact) mass is 331 g/mol. The molecule has 1 aliphatic heterocycles. The number of rotatable bonds is 2. The fraction of sp³-hybridized carbons (Fsp3) is 0.267. The molecule has 1 aliphatic rings. The van der Waals surface area contributed by atoms with E-state index < -0.39 is 0 Å². The van der Waals surface area contributed by atoms with Crippen molar-refractivity contribution in [2.75, 3.05) is 18.0 Å². The average molecular weight is 332 g/mol. The summed E-state index contributed by atoms with van der Waals surface area (Å²) in [6.45, 7) is 1.43. The van der Waals surface area contributed by atoms with Crippen molar-refractivity contribution in [1.82, 2.24) is 9.97 Å². The second-order valence-electron chi connectivity index (χ2n) is 4.78. The molecule has 3 rings (SSSR count). The van der Waals surface area contributed by atoms with Crippen LogP contribution < -0.4 is 4.90 Å². The van der Waals surface area contributed by atoms with Gasteiger partial charge in [0.05, 0.1) is 0 Å². The van der Waals surface area contributed by atoms with E-state index in [-0.39, 0.29) is 0 Å². The van der Waals surface area contributed by atoms with Crippen molar-refractivity contribution in [1.29, 1.82) is 0 Å². The third-order valence-electron chi connectivity index (χ3n) is 3.43. The second kappa shape index (κ2) is 5.71. The Balaban J connectivity index is 1.81. The van der Waals surface area contributed by atoms with Gasteiger partial charge in [0.2, 0.25) is 5.95 Å². The average Bonchev–Trinajstić information content (AvgIpc) is 2.49. The molecule has 0 amide bonds. The maximum atomic E-state index is 11.2. The van der Waals surface area contributed by atoms with Crippen LogP contribution in [0.25, 0.3) is 11.1 Å². The maximum Gasteiger partial charge on any atom is 0.225 e. The van der Waals surface area contributed by atoms with Crippen molar-refractivity contribution >= 4 is 27.7 Å². The molecule has 2 aromatic rings. The largest absolute Gasteiger partial charge is 0.340 e. The van der Waals surface area contributed by atoms with E-state index >= 15 is 0 Å². The molecule has 0 radical (unpaired) electrons. The predicted molar refractivity (Wildman–Crippen MR) is 81.6 cm³/mol. The third-order valence-corrected chi connectivity index (χ3v) is 4.12. The number of carbonyl (C=O) groups excluding carboxylic acids is 1. The number of piperidine rings is 1. The summed E-state index contributed by atoms with van der Waals surface area (Å²) in [5.74, 6) is 1.03. The van der Waals surface area contributed by atoms with E-state index in [0.29, 0.717) is 37.7 Å². The Morgan fingerprint density at radius 2 is 1.70 bits per heavy atom. The van der Waals surface area contributed by atoms with E-state index in [1.54, 1.807) is 0 Å². The van der Waals surface area contributed by atoms with Crippen LogP contribution in [-0.4, -0.2) is 28.8 Å². The molecule has 5 heteroatoms. The number of Topliss-reactive ketones (excluding diaryl/α,β-unsaturated/α-hetero) is 1. The smallest absolute Gasteiger partial charge is 0.225 e. The van der Waals surface area contributed by atoms with Gasteiger partial charge in [0.1, 0.15) is 5.78 Å². The molecule has 1 aromatic carbocycles. The van der Waals surface area contributed by atoms with E-state index in [1.165, 1.54) is 0 Å². The Bertz CT molecular complexity index is 617. The first-order valence-corrected chi connectivity index (χ1v) is 7.37. The Hall–Kier alpha value is -1.75. The topological polar surface area (TPSA) is 46.1 Å². The summed E-state index contributed by atoms with van der Waals surface area (Å²) in [7, 11) is 0. The Labute approximate surface area is 126 Å². The second-order valence-corrected chi connectivity index (χ2v) is 5.63. The first kappa shape index (κ1) is 13.2. The van der Waals surface area contributed by atoms with Gasteiger partial charge >= 0.3 is 0 Å². The van der Waals surface area contributed by atoms with Crippen molar-refractivity contribution in [2.45, 2.75) is 12.8 Å². The predicted octanol–water partition coefficient (Wildman–Crippen LogP) is 3.08. The van der Waals surface area contributed by atoms with Gasteiger partial charge in [-0.15, -0.1) is 0 Å². The number of hydrogen-bond acceptors (Lipinski definition) is 4. The van der Waals surface area contributed by atoms with Gasteiger partial charge in [0.15, 0.2) is 0 Å². The minimum Gasteiger partial charge on any atom is -0.340 e. The fourth-order valence-corrected chi connectivity index (χ4v) is 2.79. The number of halogens is 1. The van der Waals surface area contributed by atoms with Gasteiger partial charge in [0, 0.05) is 48.4 Å². The van der Waals surface area contributed by atoms with Crippen molar-refractivity contribution in [2.24, 2.45) is 0 Å². The zero-order valence-corrected chi connectivity index (χ0v) is 12.5.